The molecule has 4 rings (SSSR count). The van der Waals surface area contributed by atoms with Gasteiger partial charge in [-0.2, -0.15) is 0 Å². The number of carbonyl (C=O) groups is 1. The van der Waals surface area contributed by atoms with Crippen LogP contribution in [-0.2, 0) is 11.3 Å². The highest BCUT2D eigenvalue weighted by Gasteiger charge is 2.24. The van der Waals surface area contributed by atoms with E-state index in [1.54, 1.807) is 42.7 Å². The van der Waals surface area contributed by atoms with Crippen LogP contribution in [0.5, 0.6) is 0 Å². The standard InChI is InChI=1S/C23H22FN3O3/c24-21-17(15-28)7-4-8-20(21)18-13-25-23(26-14-18)27-11-9-19(10-12-27)30-22(29)16-5-2-1-3-6-16/h1-8,13-14,19,28H,9-12,15H2. The van der Waals surface area contributed by atoms with E-state index in [9.17, 15) is 14.3 Å². The highest BCUT2D eigenvalue weighted by Crippen LogP contribution is 2.26. The summed E-state index contributed by atoms with van der Waals surface area (Å²) in [5.41, 5.74) is 1.71. The number of nitrogens with zero attached hydrogens (tertiary/aromatic N) is 3. The predicted octanol–water partition coefficient (Wildman–Crippen LogP) is 3.60. The summed E-state index contributed by atoms with van der Waals surface area (Å²) in [4.78, 5) is 23.0. The minimum Gasteiger partial charge on any atom is -0.459 e. The van der Waals surface area contributed by atoms with Gasteiger partial charge in [0.1, 0.15) is 11.9 Å². The summed E-state index contributed by atoms with van der Waals surface area (Å²) in [7, 11) is 0. The first-order valence-electron chi connectivity index (χ1n) is 9.87. The average molecular weight is 407 g/mol. The summed E-state index contributed by atoms with van der Waals surface area (Å²) in [6.45, 7) is 0.975. The Morgan fingerprint density at radius 3 is 2.43 bits per heavy atom. The zero-order chi connectivity index (χ0) is 20.9. The predicted molar refractivity (Wildman–Crippen MR) is 110 cm³/mol. The molecule has 1 fully saturated rings. The van der Waals surface area contributed by atoms with Gasteiger partial charge in [0.15, 0.2) is 0 Å². The molecule has 1 aliphatic rings. The van der Waals surface area contributed by atoms with Crippen LogP contribution in [0.25, 0.3) is 11.1 Å². The number of halogens is 1. The number of rotatable bonds is 5. The molecular formula is C23H22FN3O3. The van der Waals surface area contributed by atoms with Crippen LogP contribution in [-0.4, -0.2) is 40.2 Å². The molecule has 0 spiro atoms. The summed E-state index contributed by atoms with van der Waals surface area (Å²) in [6.07, 6.45) is 4.42. The third-order valence-electron chi connectivity index (χ3n) is 5.21. The molecule has 154 valence electrons. The Balaban J connectivity index is 1.37. The normalized spacial score (nSPS) is 14.5. The van der Waals surface area contributed by atoms with Gasteiger partial charge in [-0.1, -0.05) is 36.4 Å². The van der Waals surface area contributed by atoms with Crippen LogP contribution >= 0.6 is 0 Å². The monoisotopic (exact) mass is 407 g/mol. The van der Waals surface area contributed by atoms with E-state index >= 15 is 0 Å². The third kappa shape index (κ3) is 4.31. The number of aromatic nitrogens is 2. The van der Waals surface area contributed by atoms with Crippen LogP contribution < -0.4 is 4.90 Å². The summed E-state index contributed by atoms with van der Waals surface area (Å²) >= 11 is 0. The molecule has 6 nitrogen and oxygen atoms in total. The largest absolute Gasteiger partial charge is 0.459 e. The Labute approximate surface area is 174 Å². The van der Waals surface area contributed by atoms with Gasteiger partial charge in [0.2, 0.25) is 5.95 Å². The Hall–Kier alpha value is -3.32. The van der Waals surface area contributed by atoms with Crippen LogP contribution in [0.2, 0.25) is 0 Å². The first kappa shape index (κ1) is 20.0. The number of aliphatic hydroxyl groups is 1. The Morgan fingerprint density at radius 2 is 1.77 bits per heavy atom. The van der Waals surface area contributed by atoms with Crippen LogP contribution in [0.3, 0.4) is 0 Å². The minimum absolute atomic E-state index is 0.136. The lowest BCUT2D eigenvalue weighted by Crippen LogP contribution is -2.38. The van der Waals surface area contributed by atoms with Crippen molar-refractivity contribution in [3.8, 4) is 11.1 Å². The quantitative estimate of drug-likeness (QED) is 0.652. The minimum atomic E-state index is -0.461. The van der Waals surface area contributed by atoms with E-state index in [4.69, 9.17) is 4.74 Å². The van der Waals surface area contributed by atoms with Gasteiger partial charge in [-0.25, -0.2) is 19.2 Å². The third-order valence-corrected chi connectivity index (χ3v) is 5.21. The molecule has 1 N–H and O–H groups in total. The van der Waals surface area contributed by atoms with Gasteiger partial charge in [0.25, 0.3) is 0 Å². The van der Waals surface area contributed by atoms with Gasteiger partial charge < -0.3 is 14.7 Å². The van der Waals surface area contributed by atoms with Gasteiger partial charge in [0, 0.05) is 55.0 Å². The molecule has 1 aliphatic heterocycles. The van der Waals surface area contributed by atoms with Gasteiger partial charge in [-0.05, 0) is 12.1 Å². The molecule has 0 bridgehead atoms. The Morgan fingerprint density at radius 1 is 1.07 bits per heavy atom. The molecule has 0 radical (unpaired) electrons. The maximum Gasteiger partial charge on any atom is 0.338 e. The molecule has 0 atom stereocenters. The van der Waals surface area contributed by atoms with Crippen LogP contribution in [0.15, 0.2) is 60.9 Å². The second-order valence-corrected chi connectivity index (χ2v) is 7.17. The maximum absolute atomic E-state index is 14.4. The fourth-order valence-corrected chi connectivity index (χ4v) is 3.52. The van der Waals surface area contributed by atoms with Crippen molar-refractivity contribution in [3.63, 3.8) is 0 Å². The lowest BCUT2D eigenvalue weighted by atomic mass is 10.1. The van der Waals surface area contributed by atoms with Crippen molar-refractivity contribution in [2.75, 3.05) is 18.0 Å². The van der Waals surface area contributed by atoms with Crippen molar-refractivity contribution in [2.24, 2.45) is 0 Å². The molecule has 1 saturated heterocycles. The zero-order valence-corrected chi connectivity index (χ0v) is 16.4. The SMILES string of the molecule is O=C(OC1CCN(c2ncc(-c3cccc(CO)c3F)cn2)CC1)c1ccccc1. The first-order chi connectivity index (χ1) is 14.7. The second-order valence-electron chi connectivity index (χ2n) is 7.17. The van der Waals surface area contributed by atoms with E-state index in [-0.39, 0.29) is 24.2 Å². The van der Waals surface area contributed by atoms with E-state index in [0.717, 1.165) is 0 Å². The summed E-state index contributed by atoms with van der Waals surface area (Å²) in [5, 5.41) is 9.24. The van der Waals surface area contributed by atoms with E-state index < -0.39 is 5.82 Å². The fourth-order valence-electron chi connectivity index (χ4n) is 3.52. The summed E-state index contributed by atoms with van der Waals surface area (Å²) in [5.74, 6) is -0.204. The van der Waals surface area contributed by atoms with Crippen molar-refractivity contribution in [1.29, 1.82) is 0 Å². The van der Waals surface area contributed by atoms with E-state index in [2.05, 4.69) is 9.97 Å². The van der Waals surface area contributed by atoms with E-state index in [0.29, 0.717) is 48.6 Å². The fraction of sp³-hybridized carbons (Fsp3) is 0.261. The lowest BCUT2D eigenvalue weighted by molar-refractivity contribution is 0.0244. The highest BCUT2D eigenvalue weighted by molar-refractivity contribution is 5.89. The molecule has 2 heterocycles. The first-order valence-corrected chi connectivity index (χ1v) is 9.87. The number of piperidine rings is 1. The van der Waals surface area contributed by atoms with Crippen LogP contribution in [0.1, 0.15) is 28.8 Å². The molecule has 7 heteroatoms. The highest BCUT2D eigenvalue weighted by atomic mass is 19.1. The number of hydrogen-bond donors (Lipinski definition) is 1. The van der Waals surface area contributed by atoms with Crippen molar-refractivity contribution >= 4 is 11.9 Å². The number of anilines is 1. The van der Waals surface area contributed by atoms with Gasteiger partial charge in [0.05, 0.1) is 12.2 Å². The molecule has 1 aromatic heterocycles. The molecule has 30 heavy (non-hydrogen) atoms. The summed E-state index contributed by atoms with van der Waals surface area (Å²) in [6, 6.07) is 13.8. The van der Waals surface area contributed by atoms with Crippen LogP contribution in [0.4, 0.5) is 10.3 Å². The number of benzene rings is 2. The molecule has 0 unspecified atom stereocenters. The Bertz CT molecular complexity index is 1000. The van der Waals surface area contributed by atoms with Crippen molar-refractivity contribution < 1.29 is 19.0 Å². The zero-order valence-electron chi connectivity index (χ0n) is 16.4. The number of ether oxygens (including phenoxy) is 1. The number of hydrogen-bond acceptors (Lipinski definition) is 6. The Kier molecular flexibility index (Phi) is 5.99. The molecule has 0 amide bonds. The van der Waals surface area contributed by atoms with Gasteiger partial charge in [-0.15, -0.1) is 0 Å². The van der Waals surface area contributed by atoms with Gasteiger partial charge >= 0.3 is 5.97 Å². The van der Waals surface area contributed by atoms with E-state index in [1.165, 1.54) is 0 Å². The molecule has 0 saturated carbocycles. The molecular weight excluding hydrogens is 385 g/mol. The smallest absolute Gasteiger partial charge is 0.338 e. The number of carbonyl (C=O) groups excluding carboxylic acids is 1. The molecule has 3 aromatic rings. The van der Waals surface area contributed by atoms with Crippen molar-refractivity contribution in [3.05, 3.63) is 77.9 Å². The van der Waals surface area contributed by atoms with Crippen LogP contribution in [0, 0.1) is 5.82 Å². The maximum atomic E-state index is 14.4. The van der Waals surface area contributed by atoms with Crippen molar-refractivity contribution in [2.45, 2.75) is 25.6 Å². The topological polar surface area (TPSA) is 75.5 Å². The second kappa shape index (κ2) is 9.00. The molecule has 0 aliphatic carbocycles. The van der Waals surface area contributed by atoms with Crippen molar-refractivity contribution in [1.82, 2.24) is 9.97 Å². The number of esters is 1. The molecule has 2 aromatic carbocycles. The average Bonchev–Trinajstić information content (AvgIpc) is 2.80. The van der Waals surface area contributed by atoms with E-state index in [1.807, 2.05) is 23.1 Å². The lowest BCUT2D eigenvalue weighted by Gasteiger charge is -2.31. The number of aliphatic hydroxyl groups excluding tert-OH is 1. The summed E-state index contributed by atoms with van der Waals surface area (Å²) < 4.78 is 20.0. The van der Waals surface area contributed by atoms with Gasteiger partial charge in [-0.3, -0.25) is 0 Å².